The normalized spacial score (nSPS) is 11.2. The van der Waals surface area contributed by atoms with Gasteiger partial charge in [0.2, 0.25) is 21.9 Å². The summed E-state index contributed by atoms with van der Waals surface area (Å²) >= 11 is 0.403. The number of sulfonamides is 1. The fraction of sp³-hybridized carbons (Fsp3) is 0.250. The number of hydrogen-bond donors (Lipinski definition) is 4. The van der Waals surface area contributed by atoms with Crippen LogP contribution in [0.1, 0.15) is 0 Å². The van der Waals surface area contributed by atoms with Crippen molar-refractivity contribution in [1.82, 2.24) is 19.7 Å². The van der Waals surface area contributed by atoms with Gasteiger partial charge in [-0.1, -0.05) is 0 Å². The molecule has 32 heavy (non-hydrogen) atoms. The van der Waals surface area contributed by atoms with Crippen molar-refractivity contribution in [3.8, 4) is 0 Å². The van der Waals surface area contributed by atoms with Crippen LogP contribution in [0.4, 0.5) is 17.6 Å². The van der Waals surface area contributed by atoms with Gasteiger partial charge < -0.3 is 20.4 Å². The average molecular weight is 528 g/mol. The second-order valence-electron chi connectivity index (χ2n) is 5.38. The number of anilines is 3. The summed E-state index contributed by atoms with van der Waals surface area (Å²) in [7, 11) is -8.20. The second-order valence-corrected chi connectivity index (χ2v) is 9.33. The molecule has 1 aromatic heterocycles. The van der Waals surface area contributed by atoms with Crippen LogP contribution in [0.3, 0.4) is 0 Å². The number of nitrogens with zero attached hydrogens (tertiary/aromatic N) is 2. The van der Waals surface area contributed by atoms with Crippen LogP contribution in [-0.4, -0.2) is 55.7 Å². The predicted molar refractivity (Wildman–Crippen MR) is 99.7 cm³/mol. The maximum absolute atomic E-state index is 11.7. The van der Waals surface area contributed by atoms with Crippen LogP contribution in [-0.2, 0) is 29.5 Å². The smallest absolute Gasteiger partial charge is 0.744 e. The molecule has 0 bridgehead atoms. The molecule has 0 fully saturated rings. The van der Waals surface area contributed by atoms with Crippen molar-refractivity contribution in [2.45, 2.75) is 9.79 Å². The molecule has 0 spiro atoms. The van der Waals surface area contributed by atoms with Crippen molar-refractivity contribution in [2.24, 2.45) is 0 Å². The van der Waals surface area contributed by atoms with Gasteiger partial charge in [0.05, 0.1) is 33.8 Å². The molecule has 0 atom stereocenters. The fourth-order valence-electron chi connectivity index (χ4n) is 1.95. The standard InChI is InChI=1S/C12H16N6O9S3.2Na/c1-29(21,22)14-5-4-13-10-16-11(18-12(19)17-10)15-8-6-7(30(23,24)25)2-3-9(8)28-27-26-20;;/h2-3,6,14,20H,4-5H2,1H3,(H,23,24,25)(H3,13,15,16,17,18,19);;/q;2*+1/p-2. The van der Waals surface area contributed by atoms with Crippen molar-refractivity contribution in [2.75, 3.05) is 30.0 Å². The molecule has 20 heteroatoms. The molecule has 166 valence electrons. The summed E-state index contributed by atoms with van der Waals surface area (Å²) in [6, 6.07) is 3.07. The number of rotatable bonds is 11. The summed E-state index contributed by atoms with van der Waals surface area (Å²) in [5.41, 5.74) is -0.903. The van der Waals surface area contributed by atoms with Gasteiger partial charge in [-0.3, -0.25) is 10.0 Å². The maximum Gasteiger partial charge on any atom is 1.00 e. The molecular formula is C12H14N6Na2O9S3. The number of nitrogens with one attached hydrogen (secondary N) is 4. The van der Waals surface area contributed by atoms with Crippen molar-refractivity contribution in [3.63, 3.8) is 0 Å². The van der Waals surface area contributed by atoms with E-state index in [0.717, 1.165) is 24.5 Å². The summed E-state index contributed by atoms with van der Waals surface area (Å²) in [6.45, 7) is 0.0458. The molecule has 2 rings (SSSR count). The van der Waals surface area contributed by atoms with Crippen LogP contribution in [0.25, 0.3) is 0 Å². The zero-order chi connectivity index (χ0) is 22.4. The van der Waals surface area contributed by atoms with Crippen LogP contribution in [0, 0.1) is 0 Å². The van der Waals surface area contributed by atoms with Gasteiger partial charge in [-0.25, -0.2) is 26.4 Å². The van der Waals surface area contributed by atoms with E-state index in [-0.39, 0.29) is 94.7 Å². The van der Waals surface area contributed by atoms with Gasteiger partial charge in [-0.15, -0.1) is 0 Å². The molecule has 0 aliphatic heterocycles. The largest absolute Gasteiger partial charge is 1.00 e. The van der Waals surface area contributed by atoms with Gasteiger partial charge in [0.15, 0.2) is 0 Å². The number of aromatic nitrogens is 3. The number of hydrogen-bond acceptors (Lipinski definition) is 14. The minimum Gasteiger partial charge on any atom is -0.744 e. The quantitative estimate of drug-likeness (QED) is 0.0530. The van der Waals surface area contributed by atoms with Crippen molar-refractivity contribution in [3.05, 3.63) is 28.7 Å². The first-order chi connectivity index (χ1) is 14.0. The Bertz CT molecular complexity index is 1160. The fourth-order valence-corrected chi connectivity index (χ4v) is 3.34. The summed E-state index contributed by atoms with van der Waals surface area (Å²) < 4.78 is 62.2. The molecule has 4 N–H and O–H groups in total. The first-order valence-corrected chi connectivity index (χ1v) is 11.7. The third-order valence-corrected chi connectivity index (χ3v) is 5.29. The maximum atomic E-state index is 11.7. The van der Waals surface area contributed by atoms with Crippen molar-refractivity contribution >= 4 is 49.8 Å². The third kappa shape index (κ3) is 11.2. The van der Waals surface area contributed by atoms with E-state index in [9.17, 15) is 31.4 Å². The molecule has 0 saturated heterocycles. The molecule has 0 amide bonds. The van der Waals surface area contributed by atoms with Crippen LogP contribution in [0.2, 0.25) is 0 Å². The molecule has 1 heterocycles. The van der Waals surface area contributed by atoms with Crippen molar-refractivity contribution < 1.29 is 95.1 Å². The Kier molecular flexibility index (Phi) is 14.0. The van der Waals surface area contributed by atoms with Crippen LogP contribution < -0.4 is 85.4 Å². The molecule has 0 radical (unpaired) electrons. The van der Waals surface area contributed by atoms with E-state index in [2.05, 4.69) is 39.7 Å². The van der Waals surface area contributed by atoms with Gasteiger partial charge in [-0.2, -0.15) is 14.3 Å². The van der Waals surface area contributed by atoms with E-state index in [1.54, 1.807) is 0 Å². The van der Waals surface area contributed by atoms with Gasteiger partial charge in [0.25, 0.3) is 0 Å². The van der Waals surface area contributed by atoms with Crippen LogP contribution in [0.15, 0.2) is 32.8 Å². The molecule has 1 aromatic carbocycles. The first-order valence-electron chi connectivity index (χ1n) is 7.65. The molecule has 0 unspecified atom stereocenters. The molecule has 2 aromatic rings. The Morgan fingerprint density at radius 1 is 1.16 bits per heavy atom. The van der Waals surface area contributed by atoms with E-state index in [1.165, 1.54) is 0 Å². The van der Waals surface area contributed by atoms with Crippen LogP contribution >= 0.6 is 12.0 Å². The van der Waals surface area contributed by atoms with Gasteiger partial charge in [-0.05, 0) is 18.2 Å². The molecule has 0 saturated carbocycles. The van der Waals surface area contributed by atoms with Crippen LogP contribution in [0.5, 0.6) is 0 Å². The molecule has 0 aliphatic rings. The minimum atomic E-state index is -4.80. The Balaban J connectivity index is 0.00000480. The summed E-state index contributed by atoms with van der Waals surface area (Å²) in [4.78, 5) is 21.0. The van der Waals surface area contributed by atoms with E-state index < -0.39 is 30.7 Å². The second kappa shape index (κ2) is 14.2. The Labute approximate surface area is 230 Å². The van der Waals surface area contributed by atoms with E-state index in [4.69, 9.17) is 0 Å². The minimum absolute atomic E-state index is 0. The molecular weight excluding hydrogens is 514 g/mol. The Morgan fingerprint density at radius 3 is 2.44 bits per heavy atom. The van der Waals surface area contributed by atoms with Gasteiger partial charge in [0, 0.05) is 13.1 Å². The van der Waals surface area contributed by atoms with Gasteiger partial charge in [0.1, 0.15) is 10.1 Å². The SMILES string of the molecule is CS(=O)(=O)NCCNc1nc(Nc2cc(S(=O)(=O)[O-])ccc2SOO[O-])[nH]c(=O)n1.[Na+].[Na+]. The van der Waals surface area contributed by atoms with Gasteiger partial charge >= 0.3 is 64.8 Å². The zero-order valence-corrected chi connectivity index (χ0v) is 23.4. The molecule has 15 nitrogen and oxygen atoms in total. The Morgan fingerprint density at radius 2 is 1.84 bits per heavy atom. The zero-order valence-electron chi connectivity index (χ0n) is 16.9. The topological polar surface area (TPSA) is 228 Å². The third-order valence-electron chi connectivity index (χ3n) is 3.07. The number of benzene rings is 1. The summed E-state index contributed by atoms with van der Waals surface area (Å²) in [5, 5.41) is 18.5. The monoisotopic (exact) mass is 528 g/mol. The Hall–Kier alpha value is -0.320. The van der Waals surface area contributed by atoms with E-state index in [1.807, 2.05) is 0 Å². The van der Waals surface area contributed by atoms with Crippen molar-refractivity contribution in [1.29, 1.82) is 0 Å². The molecule has 0 aliphatic carbocycles. The summed E-state index contributed by atoms with van der Waals surface area (Å²) in [5.74, 6) is -0.378. The summed E-state index contributed by atoms with van der Waals surface area (Å²) in [6.07, 6.45) is 0.978. The van der Waals surface area contributed by atoms with E-state index in [0.29, 0.717) is 12.0 Å². The first kappa shape index (κ1) is 31.7. The average Bonchev–Trinajstić information content (AvgIpc) is 2.62. The predicted octanol–water partition coefficient (Wildman–Crippen LogP) is -7.99. The number of aromatic amines is 1. The number of H-pyrrole nitrogens is 1. The van der Waals surface area contributed by atoms with E-state index >= 15 is 0 Å².